The van der Waals surface area contributed by atoms with E-state index in [0.717, 1.165) is 37.4 Å². The van der Waals surface area contributed by atoms with E-state index in [-0.39, 0.29) is 0 Å². The van der Waals surface area contributed by atoms with Crippen LogP contribution in [0.2, 0.25) is 0 Å². The first-order chi connectivity index (χ1) is 10.3. The topological polar surface area (TPSA) is 47.7 Å². The SMILES string of the molecule is CCNCCc1cn(Cc2nn(C)c3ccccc23)cn1. The minimum atomic E-state index is 0.759. The molecule has 0 radical (unpaired) electrons. The first-order valence-corrected chi connectivity index (χ1v) is 7.40. The van der Waals surface area contributed by atoms with Crippen LogP contribution < -0.4 is 5.32 Å². The molecule has 0 aliphatic rings. The molecule has 0 amide bonds. The number of rotatable bonds is 6. The van der Waals surface area contributed by atoms with E-state index in [1.54, 1.807) is 0 Å². The van der Waals surface area contributed by atoms with Crippen LogP contribution in [-0.4, -0.2) is 32.4 Å². The maximum atomic E-state index is 4.63. The van der Waals surface area contributed by atoms with Gasteiger partial charge in [-0.3, -0.25) is 4.68 Å². The van der Waals surface area contributed by atoms with Crippen molar-refractivity contribution in [3.05, 3.63) is 48.2 Å². The first kappa shape index (κ1) is 13.8. The third kappa shape index (κ3) is 2.97. The Bertz CT molecular complexity index is 725. The van der Waals surface area contributed by atoms with E-state index in [4.69, 9.17) is 0 Å². The third-order valence-corrected chi connectivity index (χ3v) is 3.66. The Hall–Kier alpha value is -2.14. The molecule has 0 saturated heterocycles. The summed E-state index contributed by atoms with van der Waals surface area (Å²) >= 11 is 0. The number of fused-ring (bicyclic) bond motifs is 1. The first-order valence-electron chi connectivity index (χ1n) is 7.40. The molecule has 0 saturated carbocycles. The van der Waals surface area contributed by atoms with Gasteiger partial charge < -0.3 is 9.88 Å². The maximum Gasteiger partial charge on any atom is 0.0953 e. The summed E-state index contributed by atoms with van der Waals surface area (Å²) in [6.45, 7) is 4.85. The normalized spacial score (nSPS) is 11.3. The second kappa shape index (κ2) is 6.10. The van der Waals surface area contributed by atoms with Crippen LogP contribution in [0.15, 0.2) is 36.8 Å². The molecule has 1 N–H and O–H groups in total. The number of nitrogens with zero attached hydrogens (tertiary/aromatic N) is 4. The Morgan fingerprint density at radius 3 is 2.95 bits per heavy atom. The molecule has 110 valence electrons. The number of likely N-dealkylation sites (N-methyl/N-ethyl adjacent to an activating group) is 1. The molecule has 5 nitrogen and oxygen atoms in total. The molecular weight excluding hydrogens is 262 g/mol. The Morgan fingerprint density at radius 2 is 2.10 bits per heavy atom. The smallest absolute Gasteiger partial charge is 0.0953 e. The predicted molar refractivity (Wildman–Crippen MR) is 84.3 cm³/mol. The van der Waals surface area contributed by atoms with Gasteiger partial charge in [0.2, 0.25) is 0 Å². The summed E-state index contributed by atoms with van der Waals surface area (Å²) in [4.78, 5) is 4.46. The molecule has 0 atom stereocenters. The second-order valence-electron chi connectivity index (χ2n) is 5.23. The van der Waals surface area contributed by atoms with Gasteiger partial charge in [-0.1, -0.05) is 25.1 Å². The van der Waals surface area contributed by atoms with Crippen LogP contribution >= 0.6 is 0 Å². The van der Waals surface area contributed by atoms with Crippen molar-refractivity contribution >= 4 is 10.9 Å². The zero-order chi connectivity index (χ0) is 14.7. The Kier molecular flexibility index (Phi) is 4.01. The van der Waals surface area contributed by atoms with Crippen LogP contribution in [-0.2, 0) is 20.0 Å². The van der Waals surface area contributed by atoms with E-state index in [1.165, 1.54) is 10.9 Å². The zero-order valence-corrected chi connectivity index (χ0v) is 12.6. The summed E-state index contributed by atoms with van der Waals surface area (Å²) in [7, 11) is 1.99. The molecule has 5 heteroatoms. The molecule has 21 heavy (non-hydrogen) atoms. The molecular formula is C16H21N5. The van der Waals surface area contributed by atoms with Gasteiger partial charge in [0.25, 0.3) is 0 Å². The third-order valence-electron chi connectivity index (χ3n) is 3.66. The lowest BCUT2D eigenvalue weighted by atomic mass is 10.2. The molecule has 3 aromatic rings. The molecule has 2 heterocycles. The summed E-state index contributed by atoms with van der Waals surface area (Å²) in [6, 6.07) is 8.33. The van der Waals surface area contributed by atoms with E-state index < -0.39 is 0 Å². The van der Waals surface area contributed by atoms with E-state index in [9.17, 15) is 0 Å². The van der Waals surface area contributed by atoms with E-state index in [2.05, 4.69) is 51.3 Å². The highest BCUT2D eigenvalue weighted by Crippen LogP contribution is 2.18. The standard InChI is InChI=1S/C16H21N5/c1-3-17-9-8-13-10-21(12-18-13)11-15-14-6-4-5-7-16(14)20(2)19-15/h4-7,10,12,17H,3,8-9,11H2,1-2H3. The van der Waals surface area contributed by atoms with Gasteiger partial charge >= 0.3 is 0 Å². The number of aryl methyl sites for hydroxylation is 1. The lowest BCUT2D eigenvalue weighted by Gasteiger charge is -1.99. The number of hydrogen-bond acceptors (Lipinski definition) is 3. The van der Waals surface area contributed by atoms with Gasteiger partial charge in [0.1, 0.15) is 0 Å². The summed E-state index contributed by atoms with van der Waals surface area (Å²) in [5, 5.41) is 9.15. The van der Waals surface area contributed by atoms with Crippen LogP contribution in [0, 0.1) is 0 Å². The minimum Gasteiger partial charge on any atom is -0.331 e. The second-order valence-corrected chi connectivity index (χ2v) is 5.23. The number of hydrogen-bond donors (Lipinski definition) is 1. The van der Waals surface area contributed by atoms with Gasteiger partial charge in [-0.2, -0.15) is 5.10 Å². The monoisotopic (exact) mass is 283 g/mol. The average Bonchev–Trinajstić information content (AvgIpc) is 3.06. The van der Waals surface area contributed by atoms with Crippen molar-refractivity contribution in [2.24, 2.45) is 7.05 Å². The van der Waals surface area contributed by atoms with Crippen LogP contribution in [0.1, 0.15) is 18.3 Å². The van der Waals surface area contributed by atoms with Crippen LogP contribution in [0.4, 0.5) is 0 Å². The molecule has 0 aliphatic carbocycles. The fourth-order valence-electron chi connectivity index (χ4n) is 2.59. The lowest BCUT2D eigenvalue weighted by Crippen LogP contribution is -2.16. The van der Waals surface area contributed by atoms with Gasteiger partial charge in [-0.15, -0.1) is 0 Å². The van der Waals surface area contributed by atoms with Crippen molar-refractivity contribution in [1.29, 1.82) is 0 Å². The lowest BCUT2D eigenvalue weighted by molar-refractivity contribution is 0.705. The van der Waals surface area contributed by atoms with Crippen molar-refractivity contribution in [2.75, 3.05) is 13.1 Å². The van der Waals surface area contributed by atoms with Crippen molar-refractivity contribution in [2.45, 2.75) is 19.9 Å². The zero-order valence-electron chi connectivity index (χ0n) is 12.6. The number of imidazole rings is 1. The van der Waals surface area contributed by atoms with Crippen molar-refractivity contribution in [3.63, 3.8) is 0 Å². The van der Waals surface area contributed by atoms with Gasteiger partial charge in [0, 0.05) is 31.6 Å². The summed E-state index contributed by atoms with van der Waals surface area (Å²) in [5.74, 6) is 0. The highest BCUT2D eigenvalue weighted by Gasteiger charge is 2.08. The van der Waals surface area contributed by atoms with Gasteiger partial charge in [-0.05, 0) is 12.6 Å². The molecule has 0 aliphatic heterocycles. The highest BCUT2D eigenvalue weighted by molar-refractivity contribution is 5.81. The molecule has 0 spiro atoms. The molecule has 1 aromatic carbocycles. The van der Waals surface area contributed by atoms with Gasteiger partial charge in [0.05, 0.1) is 29.8 Å². The largest absolute Gasteiger partial charge is 0.331 e. The summed E-state index contributed by atoms with van der Waals surface area (Å²) < 4.78 is 4.05. The van der Waals surface area contributed by atoms with E-state index in [0.29, 0.717) is 0 Å². The molecule has 0 bridgehead atoms. The average molecular weight is 283 g/mol. The molecule has 2 aromatic heterocycles. The highest BCUT2D eigenvalue weighted by atomic mass is 15.3. The van der Waals surface area contributed by atoms with Gasteiger partial charge in [-0.25, -0.2) is 4.98 Å². The number of aromatic nitrogens is 4. The van der Waals surface area contributed by atoms with E-state index in [1.807, 2.05) is 24.1 Å². The van der Waals surface area contributed by atoms with Crippen molar-refractivity contribution in [3.8, 4) is 0 Å². The fourth-order valence-corrected chi connectivity index (χ4v) is 2.59. The minimum absolute atomic E-state index is 0.759. The quantitative estimate of drug-likeness (QED) is 0.704. The summed E-state index contributed by atoms with van der Waals surface area (Å²) in [5.41, 5.74) is 3.37. The van der Waals surface area contributed by atoms with E-state index >= 15 is 0 Å². The van der Waals surface area contributed by atoms with Crippen molar-refractivity contribution < 1.29 is 0 Å². The Balaban J connectivity index is 1.76. The number of nitrogens with one attached hydrogen (secondary N) is 1. The fraction of sp³-hybridized carbons (Fsp3) is 0.375. The van der Waals surface area contributed by atoms with Crippen LogP contribution in [0.5, 0.6) is 0 Å². The van der Waals surface area contributed by atoms with Gasteiger partial charge in [0.15, 0.2) is 0 Å². The van der Waals surface area contributed by atoms with Crippen molar-refractivity contribution in [1.82, 2.24) is 24.6 Å². The molecule has 0 unspecified atom stereocenters. The maximum absolute atomic E-state index is 4.63. The Labute approximate surface area is 124 Å². The number of benzene rings is 1. The molecule has 0 fully saturated rings. The van der Waals surface area contributed by atoms with Crippen LogP contribution in [0.25, 0.3) is 10.9 Å². The van der Waals surface area contributed by atoms with Crippen LogP contribution in [0.3, 0.4) is 0 Å². The predicted octanol–water partition coefficient (Wildman–Crippen LogP) is 1.97. The number of para-hydroxylation sites is 1. The Morgan fingerprint density at radius 1 is 1.24 bits per heavy atom. The molecule has 3 rings (SSSR count). The summed E-state index contributed by atoms with van der Waals surface area (Å²) in [6.07, 6.45) is 4.97.